The summed E-state index contributed by atoms with van der Waals surface area (Å²) in [6, 6.07) is 6.48. The van der Waals surface area contributed by atoms with E-state index in [1.165, 1.54) is 37.3 Å². The van der Waals surface area contributed by atoms with Gasteiger partial charge in [0.05, 0.1) is 0 Å². The lowest BCUT2D eigenvalue weighted by atomic mass is 9.93. The van der Waals surface area contributed by atoms with Gasteiger partial charge < -0.3 is 4.90 Å². The SMILES string of the molecule is CC(C)c1cccc(CC2CCCN(C)C2)n1. The van der Waals surface area contributed by atoms with Gasteiger partial charge in [-0.3, -0.25) is 4.98 Å². The number of likely N-dealkylation sites (tertiary alicyclic amines) is 1. The second-order valence-electron chi connectivity index (χ2n) is 5.68. The van der Waals surface area contributed by atoms with Crippen molar-refractivity contribution < 1.29 is 0 Å². The topological polar surface area (TPSA) is 16.1 Å². The van der Waals surface area contributed by atoms with Gasteiger partial charge in [-0.05, 0) is 56.8 Å². The molecule has 2 heterocycles. The van der Waals surface area contributed by atoms with Crippen molar-refractivity contribution in [2.45, 2.75) is 39.0 Å². The van der Waals surface area contributed by atoms with Gasteiger partial charge in [0, 0.05) is 17.9 Å². The Morgan fingerprint density at radius 1 is 1.41 bits per heavy atom. The molecule has 0 saturated carbocycles. The fraction of sp³-hybridized carbons (Fsp3) is 0.667. The van der Waals surface area contributed by atoms with Crippen LogP contribution in [0.15, 0.2) is 18.2 Å². The maximum atomic E-state index is 4.77. The van der Waals surface area contributed by atoms with E-state index >= 15 is 0 Å². The Morgan fingerprint density at radius 3 is 2.94 bits per heavy atom. The number of rotatable bonds is 3. The zero-order chi connectivity index (χ0) is 12.3. The molecule has 2 nitrogen and oxygen atoms in total. The van der Waals surface area contributed by atoms with Crippen molar-refractivity contribution in [3.63, 3.8) is 0 Å². The summed E-state index contributed by atoms with van der Waals surface area (Å²) in [6.45, 7) is 6.91. The molecule has 1 saturated heterocycles. The molecule has 0 amide bonds. The normalized spacial score (nSPS) is 22.0. The van der Waals surface area contributed by atoms with Crippen LogP contribution in [0.2, 0.25) is 0 Å². The largest absolute Gasteiger partial charge is 0.306 e. The molecule has 0 bridgehead atoms. The van der Waals surface area contributed by atoms with Crippen molar-refractivity contribution >= 4 is 0 Å². The smallest absolute Gasteiger partial charge is 0.0432 e. The molecule has 2 heteroatoms. The van der Waals surface area contributed by atoms with E-state index < -0.39 is 0 Å². The average Bonchev–Trinajstić information content (AvgIpc) is 2.29. The van der Waals surface area contributed by atoms with Crippen LogP contribution in [0.5, 0.6) is 0 Å². The Labute approximate surface area is 105 Å². The predicted molar refractivity (Wildman–Crippen MR) is 72.3 cm³/mol. The van der Waals surface area contributed by atoms with E-state index in [1.807, 2.05) is 0 Å². The minimum Gasteiger partial charge on any atom is -0.306 e. The van der Waals surface area contributed by atoms with Crippen LogP contribution in [0, 0.1) is 5.92 Å². The van der Waals surface area contributed by atoms with Crippen LogP contribution in [0.4, 0.5) is 0 Å². The Morgan fingerprint density at radius 2 is 2.24 bits per heavy atom. The van der Waals surface area contributed by atoms with Gasteiger partial charge in [0.1, 0.15) is 0 Å². The third kappa shape index (κ3) is 3.53. The molecule has 1 fully saturated rings. The van der Waals surface area contributed by atoms with E-state index in [-0.39, 0.29) is 0 Å². The molecule has 1 atom stereocenters. The summed E-state index contributed by atoms with van der Waals surface area (Å²) in [4.78, 5) is 7.22. The zero-order valence-electron chi connectivity index (χ0n) is 11.3. The van der Waals surface area contributed by atoms with Gasteiger partial charge in [0.2, 0.25) is 0 Å². The number of pyridine rings is 1. The van der Waals surface area contributed by atoms with Crippen LogP contribution in [-0.4, -0.2) is 30.0 Å². The molecule has 1 aliphatic heterocycles. The molecule has 1 aromatic rings. The van der Waals surface area contributed by atoms with Gasteiger partial charge in [0.15, 0.2) is 0 Å². The summed E-state index contributed by atoms with van der Waals surface area (Å²) in [5.41, 5.74) is 2.50. The van der Waals surface area contributed by atoms with Crippen LogP contribution in [-0.2, 0) is 6.42 Å². The summed E-state index contributed by atoms with van der Waals surface area (Å²) < 4.78 is 0. The summed E-state index contributed by atoms with van der Waals surface area (Å²) >= 11 is 0. The van der Waals surface area contributed by atoms with Crippen molar-refractivity contribution in [1.29, 1.82) is 0 Å². The van der Waals surface area contributed by atoms with E-state index in [1.54, 1.807) is 0 Å². The lowest BCUT2D eigenvalue weighted by Gasteiger charge is -2.29. The fourth-order valence-electron chi connectivity index (χ4n) is 2.67. The third-order valence-electron chi connectivity index (χ3n) is 3.64. The standard InChI is InChI=1S/C15H24N2/c1-12(2)15-8-4-7-14(16-15)10-13-6-5-9-17(3)11-13/h4,7-8,12-13H,5-6,9-11H2,1-3H3. The summed E-state index contributed by atoms with van der Waals surface area (Å²) in [5, 5.41) is 0. The molecule has 0 spiro atoms. The summed E-state index contributed by atoms with van der Waals surface area (Å²) in [7, 11) is 2.23. The molecule has 0 aliphatic carbocycles. The van der Waals surface area contributed by atoms with Crippen LogP contribution < -0.4 is 0 Å². The Kier molecular flexibility index (Phi) is 4.16. The minimum atomic E-state index is 0.531. The molecule has 0 radical (unpaired) electrons. The maximum Gasteiger partial charge on any atom is 0.0432 e. The van der Waals surface area contributed by atoms with Gasteiger partial charge in [-0.25, -0.2) is 0 Å². The molecule has 0 N–H and O–H groups in total. The molecule has 0 aromatic carbocycles. The lowest BCUT2D eigenvalue weighted by molar-refractivity contribution is 0.208. The van der Waals surface area contributed by atoms with E-state index in [9.17, 15) is 0 Å². The van der Waals surface area contributed by atoms with Crippen LogP contribution in [0.3, 0.4) is 0 Å². The average molecular weight is 232 g/mol. The number of nitrogens with zero attached hydrogens (tertiary/aromatic N) is 2. The van der Waals surface area contributed by atoms with Crippen LogP contribution >= 0.6 is 0 Å². The third-order valence-corrected chi connectivity index (χ3v) is 3.64. The van der Waals surface area contributed by atoms with Gasteiger partial charge in [-0.15, -0.1) is 0 Å². The molecule has 1 unspecified atom stereocenters. The van der Waals surface area contributed by atoms with Gasteiger partial charge in [-0.2, -0.15) is 0 Å². The van der Waals surface area contributed by atoms with Gasteiger partial charge in [-0.1, -0.05) is 19.9 Å². The molecule has 1 aliphatic rings. The molecular weight excluding hydrogens is 208 g/mol. The molecular formula is C15H24N2. The fourth-order valence-corrected chi connectivity index (χ4v) is 2.67. The van der Waals surface area contributed by atoms with Gasteiger partial charge in [0.25, 0.3) is 0 Å². The van der Waals surface area contributed by atoms with Crippen molar-refractivity contribution in [2.24, 2.45) is 5.92 Å². The second-order valence-corrected chi connectivity index (χ2v) is 5.68. The van der Waals surface area contributed by atoms with E-state index in [0.29, 0.717) is 5.92 Å². The number of hydrogen-bond acceptors (Lipinski definition) is 2. The number of aromatic nitrogens is 1. The monoisotopic (exact) mass is 232 g/mol. The summed E-state index contributed by atoms with van der Waals surface area (Å²) in [5.74, 6) is 1.33. The number of piperidine rings is 1. The first kappa shape index (κ1) is 12.6. The highest BCUT2D eigenvalue weighted by Gasteiger charge is 2.18. The molecule has 94 valence electrons. The minimum absolute atomic E-state index is 0.531. The predicted octanol–water partition coefficient (Wildman–Crippen LogP) is 3.09. The van der Waals surface area contributed by atoms with E-state index in [0.717, 1.165) is 12.3 Å². The lowest BCUT2D eigenvalue weighted by Crippen LogP contribution is -2.33. The first-order valence-electron chi connectivity index (χ1n) is 6.79. The maximum absolute atomic E-state index is 4.77. The van der Waals surface area contributed by atoms with E-state index in [4.69, 9.17) is 4.98 Å². The van der Waals surface area contributed by atoms with Crippen molar-refractivity contribution in [1.82, 2.24) is 9.88 Å². The molecule has 1 aromatic heterocycles. The van der Waals surface area contributed by atoms with Crippen LogP contribution in [0.25, 0.3) is 0 Å². The highest BCUT2D eigenvalue weighted by molar-refractivity contribution is 5.14. The second kappa shape index (κ2) is 5.63. The Bertz CT molecular complexity index is 360. The Balaban J connectivity index is 2.00. The van der Waals surface area contributed by atoms with Crippen molar-refractivity contribution in [3.05, 3.63) is 29.6 Å². The quantitative estimate of drug-likeness (QED) is 0.796. The molecule has 2 rings (SSSR count). The van der Waals surface area contributed by atoms with E-state index in [2.05, 4.69) is 44.0 Å². The van der Waals surface area contributed by atoms with Crippen molar-refractivity contribution in [2.75, 3.05) is 20.1 Å². The highest BCUT2D eigenvalue weighted by Crippen LogP contribution is 2.20. The first-order chi connectivity index (χ1) is 8.15. The number of hydrogen-bond donors (Lipinski definition) is 0. The van der Waals surface area contributed by atoms with Crippen molar-refractivity contribution in [3.8, 4) is 0 Å². The van der Waals surface area contributed by atoms with Crippen LogP contribution in [0.1, 0.15) is 44.0 Å². The zero-order valence-corrected chi connectivity index (χ0v) is 11.3. The molecule has 17 heavy (non-hydrogen) atoms. The van der Waals surface area contributed by atoms with Gasteiger partial charge >= 0.3 is 0 Å². The Hall–Kier alpha value is -0.890. The summed E-state index contributed by atoms with van der Waals surface area (Å²) in [6.07, 6.45) is 3.84. The highest BCUT2D eigenvalue weighted by atomic mass is 15.1. The first-order valence-corrected chi connectivity index (χ1v) is 6.79.